The van der Waals surface area contributed by atoms with Crippen LogP contribution in [0, 0.1) is 12.7 Å². The van der Waals surface area contributed by atoms with Crippen LogP contribution in [0.4, 0.5) is 10.2 Å². The molecule has 0 aliphatic carbocycles. The highest BCUT2D eigenvalue weighted by atomic mass is 19.1. The first-order valence-corrected chi connectivity index (χ1v) is 10.8. The fraction of sp³-hybridized carbons (Fsp3) is 0.125. The lowest BCUT2D eigenvalue weighted by molar-refractivity contribution is -0.118. The van der Waals surface area contributed by atoms with E-state index in [1.807, 2.05) is 12.1 Å². The third-order valence-corrected chi connectivity index (χ3v) is 5.23. The molecule has 1 amide bonds. The molecule has 0 saturated heterocycles. The number of carbonyl (C=O) groups is 1. The second-order valence-corrected chi connectivity index (χ2v) is 7.71. The predicted molar refractivity (Wildman–Crippen MR) is 128 cm³/mol. The fourth-order valence-electron chi connectivity index (χ4n) is 3.62. The van der Waals surface area contributed by atoms with Crippen molar-refractivity contribution in [1.29, 1.82) is 0 Å². The average Bonchev–Trinajstić information content (AvgIpc) is 3.47. The van der Waals surface area contributed by atoms with Gasteiger partial charge in [-0.15, -0.1) is 0 Å². The van der Waals surface area contributed by atoms with E-state index in [9.17, 15) is 14.0 Å². The monoisotopic (exact) mass is 489 g/mol. The molecular weight excluding hydrogens is 469 g/mol. The van der Waals surface area contributed by atoms with E-state index >= 15 is 0 Å². The van der Waals surface area contributed by atoms with Crippen LogP contribution in [-0.2, 0) is 4.79 Å². The second-order valence-electron chi connectivity index (χ2n) is 7.71. The van der Waals surface area contributed by atoms with E-state index in [2.05, 4.69) is 25.5 Å². The number of hydrogen-bond donors (Lipinski definition) is 2. The molecule has 11 nitrogen and oxygen atoms in total. The Hall–Kier alpha value is -5.00. The van der Waals surface area contributed by atoms with Gasteiger partial charge in [0.2, 0.25) is 5.95 Å². The van der Waals surface area contributed by atoms with Crippen LogP contribution in [0.3, 0.4) is 0 Å². The molecule has 12 heteroatoms. The molecule has 0 radical (unpaired) electrons. The molecule has 0 unspecified atom stereocenters. The van der Waals surface area contributed by atoms with E-state index in [1.54, 1.807) is 31.2 Å². The Morgan fingerprint density at radius 3 is 2.64 bits per heavy atom. The van der Waals surface area contributed by atoms with Crippen LogP contribution in [0.5, 0.6) is 11.5 Å². The normalized spacial score (nSPS) is 11.0. The smallest absolute Gasteiger partial charge is 0.263 e. The van der Waals surface area contributed by atoms with Crippen molar-refractivity contribution in [2.24, 2.45) is 0 Å². The quantitative estimate of drug-likeness (QED) is 0.360. The third kappa shape index (κ3) is 4.27. The van der Waals surface area contributed by atoms with E-state index < -0.39 is 23.9 Å². The molecule has 5 rings (SSSR count). The number of H-pyrrole nitrogens is 1. The number of aryl methyl sites for hydroxylation is 1. The minimum absolute atomic E-state index is 0.0432. The summed E-state index contributed by atoms with van der Waals surface area (Å²) in [5.74, 6) is -0.333. The Labute approximate surface area is 203 Å². The molecule has 0 aliphatic rings. The van der Waals surface area contributed by atoms with E-state index in [0.717, 1.165) is 0 Å². The molecule has 0 spiro atoms. The lowest BCUT2D eigenvalue weighted by Crippen LogP contribution is -2.23. The van der Waals surface area contributed by atoms with Gasteiger partial charge in [-0.25, -0.2) is 9.07 Å². The van der Waals surface area contributed by atoms with Gasteiger partial charge < -0.3 is 14.8 Å². The molecule has 0 fully saturated rings. The number of aromatic amines is 1. The van der Waals surface area contributed by atoms with Crippen molar-refractivity contribution >= 4 is 22.8 Å². The van der Waals surface area contributed by atoms with Gasteiger partial charge in [0, 0.05) is 6.07 Å². The van der Waals surface area contributed by atoms with Crippen LogP contribution < -0.4 is 20.3 Å². The predicted octanol–water partition coefficient (Wildman–Crippen LogP) is 2.77. The fourth-order valence-corrected chi connectivity index (χ4v) is 3.62. The number of nitrogens with zero attached hydrogens (tertiary/aromatic N) is 5. The Bertz CT molecular complexity index is 1640. The molecule has 182 valence electrons. The van der Waals surface area contributed by atoms with Gasteiger partial charge in [0.1, 0.15) is 22.6 Å². The van der Waals surface area contributed by atoms with Gasteiger partial charge in [0.15, 0.2) is 23.8 Å². The number of rotatable bonds is 7. The van der Waals surface area contributed by atoms with Gasteiger partial charge in [-0.3, -0.25) is 14.6 Å². The van der Waals surface area contributed by atoms with Crippen LogP contribution in [0.1, 0.15) is 5.69 Å². The summed E-state index contributed by atoms with van der Waals surface area (Å²) in [4.78, 5) is 32.6. The van der Waals surface area contributed by atoms with E-state index in [1.165, 1.54) is 40.9 Å². The summed E-state index contributed by atoms with van der Waals surface area (Å²) in [6, 6.07) is 14.6. The maximum absolute atomic E-state index is 13.8. The SMILES string of the molecule is COc1ccccc1-n1ncc2c(=O)[nH]c(-n3nc(C)cc3NC(=O)COc3ccccc3F)nc21. The van der Waals surface area contributed by atoms with Crippen LogP contribution >= 0.6 is 0 Å². The van der Waals surface area contributed by atoms with Gasteiger partial charge in [0.05, 0.1) is 19.0 Å². The molecular formula is C24H20FN7O4. The van der Waals surface area contributed by atoms with Crippen LogP contribution in [0.15, 0.2) is 65.6 Å². The number of benzene rings is 2. The van der Waals surface area contributed by atoms with Crippen LogP contribution in [-0.4, -0.2) is 49.2 Å². The molecule has 0 aliphatic heterocycles. The molecule has 5 aromatic rings. The molecule has 2 N–H and O–H groups in total. The number of ether oxygens (including phenoxy) is 2. The largest absolute Gasteiger partial charge is 0.494 e. The maximum Gasteiger partial charge on any atom is 0.263 e. The van der Waals surface area contributed by atoms with E-state index in [-0.39, 0.29) is 28.5 Å². The van der Waals surface area contributed by atoms with Crippen molar-refractivity contribution in [1.82, 2.24) is 29.5 Å². The lowest BCUT2D eigenvalue weighted by atomic mass is 10.3. The number of aromatic nitrogens is 6. The zero-order chi connectivity index (χ0) is 25.2. The molecule has 0 saturated carbocycles. The molecule has 36 heavy (non-hydrogen) atoms. The highest BCUT2D eigenvalue weighted by molar-refractivity contribution is 5.91. The number of methoxy groups -OCH3 is 1. The summed E-state index contributed by atoms with van der Waals surface area (Å²) < 4.78 is 27.2. The maximum atomic E-state index is 13.8. The number of fused-ring (bicyclic) bond motifs is 1. The zero-order valence-electron chi connectivity index (χ0n) is 19.2. The average molecular weight is 489 g/mol. The van der Waals surface area contributed by atoms with Gasteiger partial charge in [0.25, 0.3) is 11.5 Å². The van der Waals surface area contributed by atoms with Gasteiger partial charge in [-0.2, -0.15) is 19.9 Å². The van der Waals surface area contributed by atoms with E-state index in [0.29, 0.717) is 17.1 Å². The minimum Gasteiger partial charge on any atom is -0.494 e. The lowest BCUT2D eigenvalue weighted by Gasteiger charge is -2.11. The number of amides is 1. The van der Waals surface area contributed by atoms with E-state index in [4.69, 9.17) is 9.47 Å². The Morgan fingerprint density at radius 1 is 1.11 bits per heavy atom. The number of halogens is 1. The topological polar surface area (TPSA) is 129 Å². The Kier molecular flexibility index (Phi) is 5.90. The van der Waals surface area contributed by atoms with Gasteiger partial charge >= 0.3 is 0 Å². The van der Waals surface area contributed by atoms with Crippen LogP contribution in [0.2, 0.25) is 0 Å². The summed E-state index contributed by atoms with van der Waals surface area (Å²) in [6.07, 6.45) is 1.41. The number of carbonyl (C=O) groups excluding carboxylic acids is 1. The summed E-state index contributed by atoms with van der Waals surface area (Å²) in [5, 5.41) is 11.6. The van der Waals surface area contributed by atoms with Crippen molar-refractivity contribution in [3.8, 4) is 23.1 Å². The van der Waals surface area contributed by atoms with Crippen molar-refractivity contribution < 1.29 is 18.7 Å². The first-order chi connectivity index (χ1) is 17.4. The van der Waals surface area contributed by atoms with Crippen molar-refractivity contribution in [2.75, 3.05) is 19.0 Å². The van der Waals surface area contributed by atoms with Crippen molar-refractivity contribution in [3.63, 3.8) is 0 Å². The van der Waals surface area contributed by atoms with Crippen LogP contribution in [0.25, 0.3) is 22.7 Å². The molecule has 0 atom stereocenters. The summed E-state index contributed by atoms with van der Waals surface area (Å²) in [7, 11) is 1.54. The Morgan fingerprint density at radius 2 is 1.86 bits per heavy atom. The van der Waals surface area contributed by atoms with Crippen molar-refractivity contribution in [3.05, 3.63) is 82.7 Å². The number of nitrogens with one attached hydrogen (secondary N) is 2. The molecule has 3 aromatic heterocycles. The van der Waals surface area contributed by atoms with Crippen molar-refractivity contribution in [2.45, 2.75) is 6.92 Å². The number of hydrogen-bond acceptors (Lipinski definition) is 7. The summed E-state index contributed by atoms with van der Waals surface area (Å²) in [6.45, 7) is 1.28. The Balaban J connectivity index is 1.48. The zero-order valence-corrected chi connectivity index (χ0v) is 19.2. The first-order valence-electron chi connectivity index (χ1n) is 10.8. The highest BCUT2D eigenvalue weighted by Crippen LogP contribution is 2.24. The standard InChI is InChI=1S/C24H20FN7O4/c1-14-11-20(27-21(33)13-36-18-9-5-3-7-16(18)25)32(30-14)24-28-22-15(23(34)29-24)12-26-31(22)17-8-4-6-10-19(17)35-2/h3-12H,13H2,1-2H3,(H,27,33)(H,28,29,34). The second kappa shape index (κ2) is 9.33. The van der Waals surface area contributed by atoms with Gasteiger partial charge in [-0.05, 0) is 31.2 Å². The molecule has 3 heterocycles. The number of para-hydroxylation sites is 3. The summed E-state index contributed by atoms with van der Waals surface area (Å²) in [5.41, 5.74) is 0.979. The third-order valence-electron chi connectivity index (χ3n) is 5.23. The minimum atomic E-state index is -0.576. The molecule has 0 bridgehead atoms. The summed E-state index contributed by atoms with van der Waals surface area (Å²) >= 11 is 0. The number of anilines is 1. The molecule has 2 aromatic carbocycles. The first kappa shape index (κ1) is 22.8. The highest BCUT2D eigenvalue weighted by Gasteiger charge is 2.18. The van der Waals surface area contributed by atoms with Gasteiger partial charge in [-0.1, -0.05) is 24.3 Å².